The van der Waals surface area contributed by atoms with E-state index < -0.39 is 17.7 Å². The van der Waals surface area contributed by atoms with E-state index in [1.54, 1.807) is 22.9 Å². The van der Waals surface area contributed by atoms with Crippen molar-refractivity contribution in [2.45, 2.75) is 26.8 Å². The number of nitrogens with zero attached hydrogens (tertiary/aromatic N) is 4. The number of para-hydroxylation sites is 2. The predicted molar refractivity (Wildman–Crippen MR) is 145 cm³/mol. The molecule has 1 aromatic heterocycles. The highest BCUT2D eigenvalue weighted by molar-refractivity contribution is 6.46. The van der Waals surface area contributed by atoms with Crippen LogP contribution in [0.2, 0.25) is 0 Å². The molecule has 0 spiro atoms. The number of aliphatic hydroxyl groups excluding tert-OH is 1. The minimum Gasteiger partial charge on any atom is -0.507 e. The third-order valence-corrected chi connectivity index (χ3v) is 7.09. The Morgan fingerprint density at radius 2 is 1.74 bits per heavy atom. The maximum absolute atomic E-state index is 13.5. The van der Waals surface area contributed by atoms with Crippen LogP contribution >= 0.6 is 0 Å². The lowest BCUT2D eigenvalue weighted by Gasteiger charge is -2.29. The molecule has 1 aliphatic rings. The lowest BCUT2D eigenvalue weighted by molar-refractivity contribution is -0.140. The van der Waals surface area contributed by atoms with Gasteiger partial charge in [0.2, 0.25) is 0 Å². The minimum absolute atomic E-state index is 0.00295. The number of methoxy groups -OCH3 is 2. The van der Waals surface area contributed by atoms with Gasteiger partial charge in [0.15, 0.2) is 11.5 Å². The SMILES string of the molecule is CCN(CC)CCN1C(=O)C(=O)C(=C(O)c2cnn(-c3ccccc3)c2C)C1c1cccc(OC)c1OC. The molecule has 2 heterocycles. The first kappa shape index (κ1) is 26.9. The van der Waals surface area contributed by atoms with E-state index >= 15 is 0 Å². The van der Waals surface area contributed by atoms with Crippen LogP contribution in [0.4, 0.5) is 0 Å². The molecule has 0 aliphatic carbocycles. The molecule has 3 aromatic rings. The normalized spacial score (nSPS) is 16.9. The van der Waals surface area contributed by atoms with Crippen molar-refractivity contribution in [3.63, 3.8) is 0 Å². The molecule has 0 radical (unpaired) electrons. The number of benzene rings is 2. The van der Waals surface area contributed by atoms with E-state index in [0.29, 0.717) is 41.4 Å². The van der Waals surface area contributed by atoms with Crippen LogP contribution in [0.1, 0.15) is 36.7 Å². The van der Waals surface area contributed by atoms with Crippen LogP contribution in [0.5, 0.6) is 11.5 Å². The molecule has 38 heavy (non-hydrogen) atoms. The maximum Gasteiger partial charge on any atom is 0.295 e. The maximum atomic E-state index is 13.5. The summed E-state index contributed by atoms with van der Waals surface area (Å²) in [5.74, 6) is -0.821. The van der Waals surface area contributed by atoms with Crippen LogP contribution in [-0.2, 0) is 9.59 Å². The van der Waals surface area contributed by atoms with Gasteiger partial charge in [0, 0.05) is 18.7 Å². The monoisotopic (exact) mass is 518 g/mol. The van der Waals surface area contributed by atoms with Crippen LogP contribution in [0, 0.1) is 6.92 Å². The fourth-order valence-corrected chi connectivity index (χ4v) is 4.97. The molecule has 0 bridgehead atoms. The second kappa shape index (κ2) is 11.5. The van der Waals surface area contributed by atoms with Gasteiger partial charge < -0.3 is 24.4 Å². The van der Waals surface area contributed by atoms with E-state index in [-0.39, 0.29) is 11.3 Å². The minimum atomic E-state index is -0.866. The van der Waals surface area contributed by atoms with E-state index in [4.69, 9.17) is 9.47 Å². The van der Waals surface area contributed by atoms with E-state index in [0.717, 1.165) is 18.8 Å². The van der Waals surface area contributed by atoms with Crippen molar-refractivity contribution >= 4 is 17.4 Å². The number of hydrogen-bond donors (Lipinski definition) is 1. The molecule has 1 unspecified atom stereocenters. The summed E-state index contributed by atoms with van der Waals surface area (Å²) in [6.45, 7) is 8.41. The van der Waals surface area contributed by atoms with Gasteiger partial charge in [-0.1, -0.05) is 44.2 Å². The van der Waals surface area contributed by atoms with Crippen LogP contribution in [0.15, 0.2) is 60.3 Å². The molecule has 200 valence electrons. The molecule has 1 atom stereocenters. The Hall–Kier alpha value is -4.11. The van der Waals surface area contributed by atoms with Crippen molar-refractivity contribution < 1.29 is 24.2 Å². The van der Waals surface area contributed by atoms with E-state index in [1.165, 1.54) is 25.3 Å². The summed E-state index contributed by atoms with van der Waals surface area (Å²) < 4.78 is 12.9. The molecule has 1 saturated heterocycles. The smallest absolute Gasteiger partial charge is 0.295 e. The summed E-state index contributed by atoms with van der Waals surface area (Å²) in [5, 5.41) is 16.0. The van der Waals surface area contributed by atoms with Gasteiger partial charge in [-0.25, -0.2) is 4.68 Å². The topological polar surface area (TPSA) is 97.1 Å². The van der Waals surface area contributed by atoms with Gasteiger partial charge in [0.25, 0.3) is 11.7 Å². The molecule has 1 fully saturated rings. The van der Waals surface area contributed by atoms with Crippen molar-refractivity contribution in [1.29, 1.82) is 0 Å². The van der Waals surface area contributed by atoms with Gasteiger partial charge in [0.05, 0.1) is 49.0 Å². The molecular formula is C29H34N4O5. The molecule has 9 heteroatoms. The van der Waals surface area contributed by atoms with Crippen molar-refractivity contribution in [1.82, 2.24) is 19.6 Å². The number of rotatable bonds is 10. The largest absolute Gasteiger partial charge is 0.507 e. The van der Waals surface area contributed by atoms with Gasteiger partial charge in [-0.15, -0.1) is 0 Å². The molecule has 1 amide bonds. The van der Waals surface area contributed by atoms with Gasteiger partial charge in [-0.2, -0.15) is 5.10 Å². The Morgan fingerprint density at radius 1 is 1.03 bits per heavy atom. The molecule has 1 N–H and O–H groups in total. The van der Waals surface area contributed by atoms with Crippen LogP contribution in [0.25, 0.3) is 11.4 Å². The Kier molecular flexibility index (Phi) is 8.16. The summed E-state index contributed by atoms with van der Waals surface area (Å²) in [6, 6.07) is 13.9. The van der Waals surface area contributed by atoms with Crippen LogP contribution < -0.4 is 9.47 Å². The average molecular weight is 519 g/mol. The van der Waals surface area contributed by atoms with Gasteiger partial charge >= 0.3 is 0 Å². The number of amides is 1. The number of aliphatic hydroxyl groups is 1. The average Bonchev–Trinajstić information content (AvgIpc) is 3.45. The number of hydrogen-bond acceptors (Lipinski definition) is 7. The fraction of sp³-hybridized carbons (Fsp3) is 0.345. The van der Waals surface area contributed by atoms with Gasteiger partial charge in [-0.05, 0) is 38.2 Å². The van der Waals surface area contributed by atoms with Crippen molar-refractivity contribution in [3.05, 3.63) is 77.1 Å². The Bertz CT molecular complexity index is 1340. The first-order valence-corrected chi connectivity index (χ1v) is 12.7. The van der Waals surface area contributed by atoms with Crippen molar-refractivity contribution in [2.75, 3.05) is 40.4 Å². The highest BCUT2D eigenvalue weighted by atomic mass is 16.5. The van der Waals surface area contributed by atoms with E-state index in [1.807, 2.05) is 51.1 Å². The highest BCUT2D eigenvalue weighted by Gasteiger charge is 2.47. The number of likely N-dealkylation sites (tertiary alicyclic amines) is 1. The summed E-state index contributed by atoms with van der Waals surface area (Å²) in [7, 11) is 3.04. The molecule has 9 nitrogen and oxygen atoms in total. The number of likely N-dealkylation sites (N-methyl/N-ethyl adjacent to an activating group) is 1. The number of aromatic nitrogens is 2. The van der Waals surface area contributed by atoms with E-state index in [2.05, 4.69) is 10.00 Å². The summed E-state index contributed by atoms with van der Waals surface area (Å²) in [4.78, 5) is 30.6. The number of carbonyl (C=O) groups excluding carboxylic acids is 2. The Balaban J connectivity index is 1.89. The summed E-state index contributed by atoms with van der Waals surface area (Å²) in [5.41, 5.74) is 2.38. The van der Waals surface area contributed by atoms with Crippen molar-refractivity contribution in [3.8, 4) is 17.2 Å². The lowest BCUT2D eigenvalue weighted by atomic mass is 9.94. The zero-order valence-corrected chi connectivity index (χ0v) is 22.5. The van der Waals surface area contributed by atoms with Crippen LogP contribution in [0.3, 0.4) is 0 Å². The molecule has 4 rings (SSSR count). The highest BCUT2D eigenvalue weighted by Crippen LogP contribution is 2.45. The number of ketones is 1. The van der Waals surface area contributed by atoms with Crippen LogP contribution in [-0.4, -0.2) is 76.8 Å². The predicted octanol–water partition coefficient (Wildman–Crippen LogP) is 3.96. The van der Waals surface area contributed by atoms with Gasteiger partial charge in [0.1, 0.15) is 5.76 Å². The second-order valence-electron chi connectivity index (χ2n) is 8.99. The summed E-state index contributed by atoms with van der Waals surface area (Å²) in [6.07, 6.45) is 1.51. The third-order valence-electron chi connectivity index (χ3n) is 7.09. The second-order valence-corrected chi connectivity index (χ2v) is 8.99. The first-order valence-electron chi connectivity index (χ1n) is 12.7. The molecule has 2 aromatic carbocycles. The molecular weight excluding hydrogens is 484 g/mol. The standard InChI is InChI=1S/C29H34N4O5/c1-6-31(7-2)16-17-32-25(21-14-11-15-23(37-4)28(21)38-5)24(27(35)29(32)36)26(34)22-18-30-33(19(22)3)20-12-9-8-10-13-20/h8-15,18,25,34H,6-7,16-17H2,1-5H3. The van der Waals surface area contributed by atoms with Gasteiger partial charge in [-0.3, -0.25) is 9.59 Å². The Morgan fingerprint density at radius 3 is 2.37 bits per heavy atom. The quantitative estimate of drug-likeness (QED) is 0.247. The summed E-state index contributed by atoms with van der Waals surface area (Å²) >= 11 is 0. The lowest BCUT2D eigenvalue weighted by Crippen LogP contribution is -2.38. The van der Waals surface area contributed by atoms with Crippen molar-refractivity contribution in [2.24, 2.45) is 0 Å². The third kappa shape index (κ3) is 4.77. The fourth-order valence-electron chi connectivity index (χ4n) is 4.97. The first-order chi connectivity index (χ1) is 18.4. The number of carbonyl (C=O) groups is 2. The zero-order chi connectivity index (χ0) is 27.4. The molecule has 0 saturated carbocycles. The Labute approximate surface area is 222 Å². The number of ether oxygens (including phenoxy) is 2. The number of Topliss-reactive ketones (excluding diaryl/α,β-unsaturated/α-hetero) is 1. The zero-order valence-electron chi connectivity index (χ0n) is 22.5. The van der Waals surface area contributed by atoms with E-state index in [9.17, 15) is 14.7 Å². The molecule has 1 aliphatic heterocycles.